The molecule has 25 heavy (non-hydrogen) atoms. The minimum atomic E-state index is -0.554. The van der Waals surface area contributed by atoms with Crippen LogP contribution in [0.2, 0.25) is 0 Å². The molecule has 0 spiro atoms. The van der Waals surface area contributed by atoms with Crippen LogP contribution in [0.5, 0.6) is 28.7 Å². The van der Waals surface area contributed by atoms with Crippen molar-refractivity contribution in [1.29, 1.82) is 0 Å². The van der Waals surface area contributed by atoms with Crippen molar-refractivity contribution in [2.24, 2.45) is 0 Å². The second-order valence-electron chi connectivity index (χ2n) is 4.87. The lowest BCUT2D eigenvalue weighted by molar-refractivity contribution is -0.400. The smallest absolute Gasteiger partial charge is 0.235 e. The number of fused-ring (bicyclic) bond motifs is 1. The van der Waals surface area contributed by atoms with Gasteiger partial charge in [0.05, 0.1) is 51.2 Å². The molecule has 2 rings (SSSR count). The molecule has 0 aromatic heterocycles. The largest absolute Gasteiger partial charge is 0.496 e. The molecule has 0 radical (unpaired) electrons. The highest BCUT2D eigenvalue weighted by Gasteiger charge is 2.23. The molecule has 0 N–H and O–H groups in total. The Kier molecular flexibility index (Phi) is 5.53. The summed E-state index contributed by atoms with van der Waals surface area (Å²) in [5.41, 5.74) is 0.467. The average Bonchev–Trinajstić information content (AvgIpc) is 2.63. The van der Waals surface area contributed by atoms with Gasteiger partial charge in [0.25, 0.3) is 0 Å². The van der Waals surface area contributed by atoms with Gasteiger partial charge in [-0.3, -0.25) is 10.1 Å². The summed E-state index contributed by atoms with van der Waals surface area (Å²) in [4.78, 5) is 10.1. The van der Waals surface area contributed by atoms with Crippen LogP contribution in [0.4, 0.5) is 0 Å². The third-order valence-electron chi connectivity index (χ3n) is 3.68. The molecule has 0 atom stereocenters. The Morgan fingerprint density at radius 2 is 1.32 bits per heavy atom. The second kappa shape index (κ2) is 7.61. The molecule has 0 fully saturated rings. The molecule has 0 amide bonds. The highest BCUT2D eigenvalue weighted by molar-refractivity contribution is 6.05. The minimum absolute atomic E-state index is 0.395. The summed E-state index contributed by atoms with van der Waals surface area (Å²) in [5, 5.41) is 11.8. The van der Waals surface area contributed by atoms with Gasteiger partial charge >= 0.3 is 0 Å². The molecule has 2 aromatic carbocycles. The van der Waals surface area contributed by atoms with Gasteiger partial charge in [-0.1, -0.05) is 0 Å². The molecule has 0 bridgehead atoms. The van der Waals surface area contributed by atoms with Crippen molar-refractivity contribution in [3.63, 3.8) is 0 Å². The van der Waals surface area contributed by atoms with E-state index in [9.17, 15) is 10.1 Å². The molecule has 8 nitrogen and oxygen atoms in total. The maximum absolute atomic E-state index is 10.7. The highest BCUT2D eigenvalue weighted by atomic mass is 16.6. The molecule has 0 aliphatic rings. The first kappa shape index (κ1) is 18.2. The zero-order valence-electron chi connectivity index (χ0n) is 14.6. The van der Waals surface area contributed by atoms with E-state index in [1.165, 1.54) is 41.6 Å². The molecule has 2 aromatic rings. The van der Waals surface area contributed by atoms with Crippen LogP contribution < -0.4 is 23.7 Å². The van der Waals surface area contributed by atoms with Crippen molar-refractivity contribution in [3.8, 4) is 28.7 Å². The van der Waals surface area contributed by atoms with E-state index in [4.69, 9.17) is 23.7 Å². The number of benzene rings is 2. The van der Waals surface area contributed by atoms with Gasteiger partial charge in [0.15, 0.2) is 11.5 Å². The van der Waals surface area contributed by atoms with Gasteiger partial charge in [-0.05, 0) is 6.07 Å². The zero-order valence-corrected chi connectivity index (χ0v) is 14.6. The van der Waals surface area contributed by atoms with Gasteiger partial charge < -0.3 is 23.7 Å². The lowest BCUT2D eigenvalue weighted by Crippen LogP contribution is -2.00. The maximum atomic E-state index is 10.7. The van der Waals surface area contributed by atoms with Gasteiger partial charge in [0.1, 0.15) is 17.2 Å². The average molecular weight is 349 g/mol. The first-order valence-electron chi connectivity index (χ1n) is 7.21. The van der Waals surface area contributed by atoms with Crippen LogP contribution in [0.3, 0.4) is 0 Å². The lowest BCUT2D eigenvalue weighted by atomic mass is 10.0. The number of hydrogen-bond acceptors (Lipinski definition) is 7. The summed E-state index contributed by atoms with van der Waals surface area (Å²) >= 11 is 0. The van der Waals surface area contributed by atoms with E-state index in [1.807, 2.05) is 0 Å². The molecule has 0 saturated heterocycles. The number of rotatable bonds is 7. The topological polar surface area (TPSA) is 89.3 Å². The molecule has 0 unspecified atom stereocenters. The third kappa shape index (κ3) is 3.23. The molecule has 8 heteroatoms. The van der Waals surface area contributed by atoms with Gasteiger partial charge in [-0.25, -0.2) is 0 Å². The summed E-state index contributed by atoms with van der Waals surface area (Å²) in [6.45, 7) is 0. The summed E-state index contributed by atoms with van der Waals surface area (Å²) in [7, 11) is 7.50. The zero-order chi connectivity index (χ0) is 18.6. The first-order chi connectivity index (χ1) is 12.0. The summed E-state index contributed by atoms with van der Waals surface area (Å²) < 4.78 is 27.3. The predicted molar refractivity (Wildman–Crippen MR) is 92.7 cm³/mol. The van der Waals surface area contributed by atoms with Crippen LogP contribution in [0, 0.1) is 10.1 Å². The number of methoxy groups -OCH3 is 5. The number of nitrogens with zero attached hydrogens (tertiary/aromatic N) is 1. The fraction of sp³-hybridized carbons (Fsp3) is 0.294. The molecule has 0 heterocycles. The maximum Gasteiger partial charge on any atom is 0.235 e. The van der Waals surface area contributed by atoms with E-state index in [0.717, 1.165) is 6.20 Å². The normalized spacial score (nSPS) is 10.8. The standard InChI is InChI=1S/C17H19NO7/c1-21-11-8-10(6-7-18(19)20)16(24-4)14-12(22-2)9-13(23-3)17(25-5)15(11)14/h6-9H,1-5H3/b7-6+. The van der Waals surface area contributed by atoms with Crippen molar-refractivity contribution in [2.45, 2.75) is 0 Å². The fourth-order valence-electron chi connectivity index (χ4n) is 2.66. The molecular formula is C17H19NO7. The van der Waals surface area contributed by atoms with Gasteiger partial charge in [-0.15, -0.1) is 0 Å². The molecule has 0 aliphatic carbocycles. The van der Waals surface area contributed by atoms with Crippen molar-refractivity contribution < 1.29 is 28.6 Å². The van der Waals surface area contributed by atoms with Crippen LogP contribution in [-0.4, -0.2) is 40.5 Å². The summed E-state index contributed by atoms with van der Waals surface area (Å²) in [5.74, 6) is 2.19. The monoisotopic (exact) mass is 349 g/mol. The summed E-state index contributed by atoms with van der Waals surface area (Å²) in [6.07, 6.45) is 2.16. The Morgan fingerprint density at radius 1 is 0.800 bits per heavy atom. The highest BCUT2D eigenvalue weighted by Crippen LogP contribution is 2.50. The van der Waals surface area contributed by atoms with Crippen molar-refractivity contribution in [2.75, 3.05) is 35.5 Å². The van der Waals surface area contributed by atoms with Gasteiger partial charge in [0.2, 0.25) is 6.20 Å². The number of nitro groups is 1. The Hall–Kier alpha value is -3.16. The molecule has 134 valence electrons. The minimum Gasteiger partial charge on any atom is -0.496 e. The van der Waals surface area contributed by atoms with E-state index >= 15 is 0 Å². The van der Waals surface area contributed by atoms with E-state index in [0.29, 0.717) is 45.1 Å². The SMILES string of the molecule is COc1cc(OC)c2c(OC)c(/C=C/[N+](=O)[O-])cc(OC)c2c1OC. The van der Waals surface area contributed by atoms with E-state index in [2.05, 4.69) is 0 Å². The van der Waals surface area contributed by atoms with Crippen LogP contribution in [-0.2, 0) is 0 Å². The lowest BCUT2D eigenvalue weighted by Gasteiger charge is -2.19. The van der Waals surface area contributed by atoms with Crippen LogP contribution in [0.25, 0.3) is 16.8 Å². The van der Waals surface area contributed by atoms with Gasteiger partial charge in [0, 0.05) is 17.7 Å². The Labute approximate surface area is 144 Å². The van der Waals surface area contributed by atoms with E-state index in [1.54, 1.807) is 12.1 Å². The Morgan fingerprint density at radius 3 is 1.80 bits per heavy atom. The van der Waals surface area contributed by atoms with Crippen LogP contribution in [0.15, 0.2) is 18.3 Å². The fourth-order valence-corrected chi connectivity index (χ4v) is 2.66. The number of ether oxygens (including phenoxy) is 5. The molecule has 0 saturated carbocycles. The Bertz CT molecular complexity index is 830. The third-order valence-corrected chi connectivity index (χ3v) is 3.68. The summed E-state index contributed by atoms with van der Waals surface area (Å²) in [6, 6.07) is 3.28. The first-order valence-corrected chi connectivity index (χ1v) is 7.21. The van der Waals surface area contributed by atoms with E-state index < -0.39 is 4.92 Å². The quantitative estimate of drug-likeness (QED) is 0.560. The van der Waals surface area contributed by atoms with Gasteiger partial charge in [-0.2, -0.15) is 0 Å². The predicted octanol–water partition coefficient (Wildman–Crippen LogP) is 3.13. The van der Waals surface area contributed by atoms with Crippen LogP contribution >= 0.6 is 0 Å². The van der Waals surface area contributed by atoms with Crippen LogP contribution in [0.1, 0.15) is 5.56 Å². The van der Waals surface area contributed by atoms with Crippen molar-refractivity contribution >= 4 is 16.8 Å². The molecule has 0 aliphatic heterocycles. The molecular weight excluding hydrogens is 330 g/mol. The van der Waals surface area contributed by atoms with Crippen molar-refractivity contribution in [3.05, 3.63) is 34.0 Å². The second-order valence-corrected chi connectivity index (χ2v) is 4.87. The number of hydrogen-bond donors (Lipinski definition) is 0. The Balaban J connectivity index is 3.02. The van der Waals surface area contributed by atoms with Crippen molar-refractivity contribution in [1.82, 2.24) is 0 Å². The van der Waals surface area contributed by atoms with E-state index in [-0.39, 0.29) is 0 Å².